The number of likely N-dealkylation sites (N-methyl/N-ethyl adjacent to an activating group) is 1. The van der Waals surface area contributed by atoms with Crippen LogP contribution in [0.1, 0.15) is 12.5 Å². The van der Waals surface area contributed by atoms with E-state index >= 15 is 0 Å². The Morgan fingerprint density at radius 2 is 1.73 bits per heavy atom. The standard InChI is InChI=1S/C19H19BrN4O2/c1-13(19(26)23-16-9-5-3-7-14(16)11-21)24(2)12-18(25)22-17-10-6-4-8-15(17)20/h3-10,13H,12H2,1-2H3,(H,22,25)(H,23,26)/t13-/m1/s1. The van der Waals surface area contributed by atoms with Crippen molar-refractivity contribution in [3.63, 3.8) is 0 Å². The Morgan fingerprint density at radius 1 is 1.12 bits per heavy atom. The summed E-state index contributed by atoms with van der Waals surface area (Å²) in [4.78, 5) is 26.3. The predicted molar refractivity (Wildman–Crippen MR) is 105 cm³/mol. The summed E-state index contributed by atoms with van der Waals surface area (Å²) in [6.07, 6.45) is 0. The molecular formula is C19H19BrN4O2. The molecule has 2 N–H and O–H groups in total. The lowest BCUT2D eigenvalue weighted by atomic mass is 10.2. The van der Waals surface area contributed by atoms with Crippen LogP contribution in [0.3, 0.4) is 0 Å². The summed E-state index contributed by atoms with van der Waals surface area (Å²) in [5.41, 5.74) is 1.52. The maximum Gasteiger partial charge on any atom is 0.241 e. The molecule has 2 rings (SSSR count). The first-order valence-electron chi connectivity index (χ1n) is 7.97. The Morgan fingerprint density at radius 3 is 2.38 bits per heavy atom. The van der Waals surface area contributed by atoms with E-state index in [-0.39, 0.29) is 18.4 Å². The van der Waals surface area contributed by atoms with Gasteiger partial charge in [0.2, 0.25) is 11.8 Å². The van der Waals surface area contributed by atoms with Gasteiger partial charge in [0.15, 0.2) is 0 Å². The van der Waals surface area contributed by atoms with Crippen LogP contribution in [0.15, 0.2) is 53.0 Å². The van der Waals surface area contributed by atoms with Gasteiger partial charge in [-0.1, -0.05) is 24.3 Å². The molecule has 0 aromatic heterocycles. The van der Waals surface area contributed by atoms with Gasteiger partial charge in [0.25, 0.3) is 0 Å². The number of carbonyl (C=O) groups is 2. The van der Waals surface area contributed by atoms with Gasteiger partial charge >= 0.3 is 0 Å². The van der Waals surface area contributed by atoms with Crippen molar-refractivity contribution in [2.24, 2.45) is 0 Å². The second-order valence-electron chi connectivity index (χ2n) is 5.77. The first-order valence-corrected chi connectivity index (χ1v) is 8.76. The van der Waals surface area contributed by atoms with Gasteiger partial charge in [-0.3, -0.25) is 14.5 Å². The van der Waals surface area contributed by atoms with Crippen molar-refractivity contribution < 1.29 is 9.59 Å². The third-order valence-corrected chi connectivity index (χ3v) is 4.58. The highest BCUT2D eigenvalue weighted by Gasteiger charge is 2.21. The summed E-state index contributed by atoms with van der Waals surface area (Å²) in [6, 6.07) is 15.6. The molecular weight excluding hydrogens is 396 g/mol. The summed E-state index contributed by atoms with van der Waals surface area (Å²) < 4.78 is 0.787. The van der Waals surface area contributed by atoms with E-state index in [2.05, 4.69) is 26.6 Å². The van der Waals surface area contributed by atoms with Crippen molar-refractivity contribution in [2.75, 3.05) is 24.2 Å². The third-order valence-electron chi connectivity index (χ3n) is 3.89. The Balaban J connectivity index is 1.95. The number of amides is 2. The van der Waals surface area contributed by atoms with Crippen LogP contribution < -0.4 is 10.6 Å². The molecule has 134 valence electrons. The average Bonchev–Trinajstić information content (AvgIpc) is 2.63. The van der Waals surface area contributed by atoms with Gasteiger partial charge in [0.05, 0.1) is 29.5 Å². The Hall–Kier alpha value is -2.69. The fourth-order valence-corrected chi connectivity index (χ4v) is 2.63. The van der Waals surface area contributed by atoms with Crippen LogP contribution in [0, 0.1) is 11.3 Å². The van der Waals surface area contributed by atoms with Gasteiger partial charge in [-0.25, -0.2) is 0 Å². The van der Waals surface area contributed by atoms with Crippen LogP contribution in [0.5, 0.6) is 0 Å². The molecule has 0 fully saturated rings. The molecule has 0 saturated carbocycles. The van der Waals surface area contributed by atoms with Crippen LogP contribution in [0.25, 0.3) is 0 Å². The molecule has 2 aromatic rings. The van der Waals surface area contributed by atoms with Crippen molar-refractivity contribution in [1.29, 1.82) is 5.26 Å². The minimum absolute atomic E-state index is 0.0514. The lowest BCUT2D eigenvalue weighted by Crippen LogP contribution is -2.43. The maximum atomic E-state index is 12.4. The minimum atomic E-state index is -0.549. The number of rotatable bonds is 6. The Labute approximate surface area is 160 Å². The second kappa shape index (κ2) is 9.13. The molecule has 0 aliphatic carbocycles. The lowest BCUT2D eigenvalue weighted by Gasteiger charge is -2.23. The van der Waals surface area contributed by atoms with Crippen molar-refractivity contribution in [1.82, 2.24) is 4.90 Å². The van der Waals surface area contributed by atoms with Gasteiger partial charge < -0.3 is 10.6 Å². The summed E-state index contributed by atoms with van der Waals surface area (Å²) in [5.74, 6) is -0.514. The molecule has 26 heavy (non-hydrogen) atoms. The average molecular weight is 415 g/mol. The highest BCUT2D eigenvalue weighted by atomic mass is 79.9. The zero-order valence-electron chi connectivity index (χ0n) is 14.5. The number of para-hydroxylation sites is 2. The second-order valence-corrected chi connectivity index (χ2v) is 6.62. The highest BCUT2D eigenvalue weighted by Crippen LogP contribution is 2.21. The molecule has 0 heterocycles. The molecule has 6 nitrogen and oxygen atoms in total. The van der Waals surface area contributed by atoms with E-state index in [1.54, 1.807) is 49.2 Å². The van der Waals surface area contributed by atoms with Crippen LogP contribution in [0.4, 0.5) is 11.4 Å². The van der Waals surface area contributed by atoms with Gasteiger partial charge in [-0.05, 0) is 54.2 Å². The first kappa shape index (κ1) is 19.6. The number of hydrogen-bond acceptors (Lipinski definition) is 4. The summed E-state index contributed by atoms with van der Waals surface area (Å²) in [7, 11) is 1.69. The number of hydrogen-bond donors (Lipinski definition) is 2. The number of anilines is 2. The highest BCUT2D eigenvalue weighted by molar-refractivity contribution is 9.10. The number of nitrogens with one attached hydrogen (secondary N) is 2. The van der Waals surface area contributed by atoms with Crippen LogP contribution in [-0.4, -0.2) is 36.3 Å². The number of carbonyl (C=O) groups excluding carboxylic acids is 2. The molecule has 0 aliphatic rings. The van der Waals surface area contributed by atoms with E-state index in [1.807, 2.05) is 24.3 Å². The molecule has 7 heteroatoms. The Bertz CT molecular complexity index is 847. The molecule has 2 amide bonds. The molecule has 0 unspecified atom stereocenters. The fourth-order valence-electron chi connectivity index (χ4n) is 2.24. The molecule has 0 radical (unpaired) electrons. The van der Waals surface area contributed by atoms with E-state index in [0.29, 0.717) is 16.9 Å². The quantitative estimate of drug-likeness (QED) is 0.759. The molecule has 0 spiro atoms. The normalized spacial score (nSPS) is 11.5. The van der Waals surface area contributed by atoms with Gasteiger partial charge in [-0.15, -0.1) is 0 Å². The van der Waals surface area contributed by atoms with Crippen molar-refractivity contribution >= 4 is 39.1 Å². The van der Waals surface area contributed by atoms with Crippen LogP contribution >= 0.6 is 15.9 Å². The van der Waals surface area contributed by atoms with Gasteiger partial charge in [-0.2, -0.15) is 5.26 Å². The number of nitrogens with zero attached hydrogens (tertiary/aromatic N) is 2. The Kier molecular flexibility index (Phi) is 6.89. The molecule has 0 bridgehead atoms. The third kappa shape index (κ3) is 5.15. The number of benzene rings is 2. The van der Waals surface area contributed by atoms with Crippen LogP contribution in [0.2, 0.25) is 0 Å². The smallest absolute Gasteiger partial charge is 0.241 e. The predicted octanol–water partition coefficient (Wildman–Crippen LogP) is 3.22. The van der Waals surface area contributed by atoms with Crippen molar-refractivity contribution in [2.45, 2.75) is 13.0 Å². The first-order chi connectivity index (χ1) is 12.4. The SMILES string of the molecule is C[C@H](C(=O)Nc1ccccc1C#N)N(C)CC(=O)Nc1ccccc1Br. The molecule has 0 saturated heterocycles. The minimum Gasteiger partial charge on any atom is -0.324 e. The summed E-state index contributed by atoms with van der Waals surface area (Å²) in [6.45, 7) is 1.76. The zero-order valence-corrected chi connectivity index (χ0v) is 16.1. The van der Waals surface area contributed by atoms with Crippen molar-refractivity contribution in [3.8, 4) is 6.07 Å². The molecule has 0 aliphatic heterocycles. The van der Waals surface area contributed by atoms with E-state index in [4.69, 9.17) is 5.26 Å². The summed E-state index contributed by atoms with van der Waals surface area (Å²) in [5, 5.41) is 14.6. The van der Waals surface area contributed by atoms with E-state index in [1.165, 1.54) is 0 Å². The van der Waals surface area contributed by atoms with E-state index in [9.17, 15) is 9.59 Å². The molecule has 2 aromatic carbocycles. The number of nitriles is 1. The largest absolute Gasteiger partial charge is 0.324 e. The van der Waals surface area contributed by atoms with E-state index in [0.717, 1.165) is 4.47 Å². The molecule has 1 atom stereocenters. The van der Waals surface area contributed by atoms with Crippen molar-refractivity contribution in [3.05, 3.63) is 58.6 Å². The lowest BCUT2D eigenvalue weighted by molar-refractivity contribution is -0.122. The van der Waals surface area contributed by atoms with Gasteiger partial charge in [0.1, 0.15) is 6.07 Å². The zero-order chi connectivity index (χ0) is 19.1. The van der Waals surface area contributed by atoms with Crippen LogP contribution in [-0.2, 0) is 9.59 Å². The topological polar surface area (TPSA) is 85.2 Å². The fraction of sp³-hybridized carbons (Fsp3) is 0.211. The monoisotopic (exact) mass is 414 g/mol. The summed E-state index contributed by atoms with van der Waals surface area (Å²) >= 11 is 3.37. The maximum absolute atomic E-state index is 12.4. The van der Waals surface area contributed by atoms with E-state index < -0.39 is 6.04 Å². The van der Waals surface area contributed by atoms with Gasteiger partial charge in [0, 0.05) is 4.47 Å². The number of halogens is 1.